The van der Waals surface area contributed by atoms with Crippen molar-refractivity contribution in [3.05, 3.63) is 103 Å². The van der Waals surface area contributed by atoms with Gasteiger partial charge in [0.15, 0.2) is 0 Å². The molecule has 0 saturated carbocycles. The van der Waals surface area contributed by atoms with Crippen LogP contribution in [0, 0.1) is 5.92 Å². The second-order valence-electron chi connectivity index (χ2n) is 6.79. The Bertz CT molecular complexity index is 714. The monoisotopic (exact) mass is 424 g/mol. The van der Waals surface area contributed by atoms with Crippen molar-refractivity contribution in [2.75, 3.05) is 6.16 Å². The summed E-state index contributed by atoms with van der Waals surface area (Å²) in [5.74, 6) is 0.482. The molecule has 0 atom stereocenters. The number of halogens is 1. The van der Waals surface area contributed by atoms with Crippen LogP contribution in [0.1, 0.15) is 13.8 Å². The maximum Gasteiger partial charge on any atom is 0.116 e. The van der Waals surface area contributed by atoms with Crippen molar-refractivity contribution in [3.8, 4) is 0 Å². The third-order valence-electron chi connectivity index (χ3n) is 4.85. The Balaban J connectivity index is 0.00000243. The van der Waals surface area contributed by atoms with Gasteiger partial charge in [0.25, 0.3) is 0 Å². The molecule has 0 nitrogen and oxygen atoms in total. The van der Waals surface area contributed by atoms with E-state index >= 15 is 0 Å². The van der Waals surface area contributed by atoms with E-state index < -0.39 is 7.26 Å². The largest absolute Gasteiger partial charge is 1.00 e. The molecule has 0 aromatic heterocycles. The molecule has 3 rings (SSSR count). The summed E-state index contributed by atoms with van der Waals surface area (Å²) >= 11 is 0. The topological polar surface area (TPSA) is 0 Å². The van der Waals surface area contributed by atoms with Crippen LogP contribution in [0.2, 0.25) is 0 Å². The quantitative estimate of drug-likeness (QED) is 0.420. The van der Waals surface area contributed by atoms with Gasteiger partial charge >= 0.3 is 0 Å². The fourth-order valence-electron chi connectivity index (χ4n) is 3.26. The maximum atomic E-state index is 4.44. The Morgan fingerprint density at radius 2 is 1.00 bits per heavy atom. The van der Waals surface area contributed by atoms with Gasteiger partial charge in [-0.1, -0.05) is 75.0 Å². The van der Waals surface area contributed by atoms with Crippen molar-refractivity contribution >= 4 is 23.2 Å². The molecule has 0 aliphatic carbocycles. The first-order valence-electron chi connectivity index (χ1n) is 8.87. The normalized spacial score (nSPS) is 11.0. The molecule has 0 aliphatic rings. The van der Waals surface area contributed by atoms with E-state index in [-0.39, 0.29) is 17.0 Å². The lowest BCUT2D eigenvalue weighted by molar-refractivity contribution is -0.00000504. The van der Waals surface area contributed by atoms with Crippen molar-refractivity contribution in [2.45, 2.75) is 13.8 Å². The van der Waals surface area contributed by atoms with Gasteiger partial charge in [-0.2, -0.15) is 0 Å². The minimum atomic E-state index is -1.76. The Morgan fingerprint density at radius 1 is 0.692 bits per heavy atom. The first-order chi connectivity index (χ1) is 12.1. The lowest BCUT2D eigenvalue weighted by atomic mass is 10.1. The Morgan fingerprint density at radius 3 is 1.27 bits per heavy atom. The lowest BCUT2D eigenvalue weighted by Gasteiger charge is -2.29. The van der Waals surface area contributed by atoms with Crippen LogP contribution in [0.25, 0.3) is 0 Å². The average molecular weight is 425 g/mol. The summed E-state index contributed by atoms with van der Waals surface area (Å²) in [4.78, 5) is 0. The molecule has 0 amide bonds. The van der Waals surface area contributed by atoms with Crippen LogP contribution < -0.4 is 32.9 Å². The van der Waals surface area contributed by atoms with Gasteiger partial charge in [0, 0.05) is 0 Å². The summed E-state index contributed by atoms with van der Waals surface area (Å²) in [6.45, 7) is 8.94. The molecule has 0 heterocycles. The number of hydrogen-bond acceptors (Lipinski definition) is 0. The van der Waals surface area contributed by atoms with Gasteiger partial charge in [-0.25, -0.2) is 0 Å². The van der Waals surface area contributed by atoms with E-state index in [1.165, 1.54) is 21.5 Å². The third-order valence-corrected chi connectivity index (χ3v) is 9.27. The highest BCUT2D eigenvalue weighted by Crippen LogP contribution is 2.56. The zero-order chi connectivity index (χ0) is 17.7. The lowest BCUT2D eigenvalue weighted by Crippen LogP contribution is -3.00. The molecule has 134 valence electrons. The van der Waals surface area contributed by atoms with Gasteiger partial charge in [0.2, 0.25) is 0 Å². The molecule has 0 unspecified atom stereocenters. The summed E-state index contributed by atoms with van der Waals surface area (Å²) in [6, 6.07) is 33.0. The van der Waals surface area contributed by atoms with Crippen molar-refractivity contribution < 1.29 is 17.0 Å². The molecule has 0 N–H and O–H groups in total. The molecular formula is C24H26BrP. The molecule has 0 saturated heterocycles. The molecule has 0 aliphatic heterocycles. The summed E-state index contributed by atoms with van der Waals surface area (Å²) in [7, 11) is -1.76. The number of allylic oxidation sites excluding steroid dienone is 1. The van der Waals surface area contributed by atoms with Crippen molar-refractivity contribution in [2.24, 2.45) is 5.92 Å². The molecule has 2 heteroatoms. The van der Waals surface area contributed by atoms with E-state index in [0.717, 1.165) is 6.16 Å². The highest BCUT2D eigenvalue weighted by Gasteiger charge is 2.45. The summed E-state index contributed by atoms with van der Waals surface area (Å²) in [5.41, 5.74) is 1.32. The van der Waals surface area contributed by atoms with E-state index in [9.17, 15) is 0 Å². The Labute approximate surface area is 169 Å². The molecule has 0 fully saturated rings. The van der Waals surface area contributed by atoms with Gasteiger partial charge in [-0.05, 0) is 47.9 Å². The summed E-state index contributed by atoms with van der Waals surface area (Å²) in [6.07, 6.45) is 1.02. The smallest absolute Gasteiger partial charge is 0.116 e. The SMILES string of the molecule is C=C(C[P+](c1ccccc1)(c1ccccc1)c1ccccc1)C(C)C.[Br-]. The molecule has 26 heavy (non-hydrogen) atoms. The second kappa shape index (κ2) is 9.31. The third kappa shape index (κ3) is 4.17. The maximum absolute atomic E-state index is 4.44. The van der Waals surface area contributed by atoms with Gasteiger partial charge in [0.05, 0.1) is 6.16 Å². The molecule has 0 spiro atoms. The minimum absolute atomic E-state index is 0. The Hall–Kier alpha value is -1.69. The highest BCUT2D eigenvalue weighted by molar-refractivity contribution is 7.95. The fraction of sp³-hybridized carbons (Fsp3) is 0.167. The van der Waals surface area contributed by atoms with Crippen LogP contribution in [0.5, 0.6) is 0 Å². The molecular weight excluding hydrogens is 399 g/mol. The van der Waals surface area contributed by atoms with Gasteiger partial charge in [0.1, 0.15) is 23.2 Å². The van der Waals surface area contributed by atoms with Crippen molar-refractivity contribution in [1.82, 2.24) is 0 Å². The van der Waals surface area contributed by atoms with Crippen LogP contribution in [0.15, 0.2) is 103 Å². The van der Waals surface area contributed by atoms with Crippen LogP contribution in [-0.4, -0.2) is 6.16 Å². The highest BCUT2D eigenvalue weighted by atomic mass is 79.9. The summed E-state index contributed by atoms with van der Waals surface area (Å²) in [5, 5.41) is 4.28. The number of benzene rings is 3. The van der Waals surface area contributed by atoms with Crippen molar-refractivity contribution in [1.29, 1.82) is 0 Å². The van der Waals surface area contributed by atoms with Crippen molar-refractivity contribution in [3.63, 3.8) is 0 Å². The van der Waals surface area contributed by atoms with Gasteiger partial charge < -0.3 is 17.0 Å². The van der Waals surface area contributed by atoms with E-state index in [4.69, 9.17) is 0 Å². The predicted octanol–water partition coefficient (Wildman–Crippen LogP) is 2.20. The molecule has 0 bridgehead atoms. The van der Waals surface area contributed by atoms with Crippen LogP contribution in [-0.2, 0) is 0 Å². The van der Waals surface area contributed by atoms with Crippen LogP contribution >= 0.6 is 7.26 Å². The Kier molecular flexibility index (Phi) is 7.38. The minimum Gasteiger partial charge on any atom is -1.00 e. The molecule has 0 radical (unpaired) electrons. The zero-order valence-electron chi connectivity index (χ0n) is 15.5. The number of rotatable bonds is 6. The first-order valence-corrected chi connectivity index (χ1v) is 10.8. The fourth-order valence-corrected chi connectivity index (χ4v) is 7.72. The average Bonchev–Trinajstić information content (AvgIpc) is 2.68. The predicted molar refractivity (Wildman–Crippen MR) is 114 cm³/mol. The van der Waals surface area contributed by atoms with E-state index in [1.807, 2.05) is 0 Å². The van der Waals surface area contributed by atoms with E-state index in [0.29, 0.717) is 5.92 Å². The number of hydrogen-bond donors (Lipinski definition) is 0. The van der Waals surface area contributed by atoms with Crippen LogP contribution in [0.4, 0.5) is 0 Å². The van der Waals surface area contributed by atoms with E-state index in [1.54, 1.807) is 0 Å². The van der Waals surface area contributed by atoms with Crippen LogP contribution in [0.3, 0.4) is 0 Å². The van der Waals surface area contributed by atoms with Gasteiger partial charge in [-0.3, -0.25) is 0 Å². The van der Waals surface area contributed by atoms with Gasteiger partial charge in [-0.15, -0.1) is 0 Å². The van der Waals surface area contributed by atoms with E-state index in [2.05, 4.69) is 111 Å². The standard InChI is InChI=1S/C24H26P.BrH/c1-20(2)21(3)19-25(22-13-7-4-8-14-22,23-15-9-5-10-16-23)24-17-11-6-12-18-24;/h4-18,20H,3,19H2,1-2H3;1H/q+1;/p-1. The summed E-state index contributed by atoms with van der Waals surface area (Å²) < 4.78 is 0. The first kappa shape index (κ1) is 20.6. The second-order valence-corrected chi connectivity index (χ2v) is 10.3. The molecule has 3 aromatic carbocycles. The molecule has 3 aromatic rings. The zero-order valence-corrected chi connectivity index (χ0v) is 18.0.